The number of rotatable bonds is 2. The van der Waals surface area contributed by atoms with Crippen LogP contribution < -0.4 is 23.0 Å². The Morgan fingerprint density at radius 1 is 1.86 bits per heavy atom. The summed E-state index contributed by atoms with van der Waals surface area (Å²) in [4.78, 5) is 0. The second-order valence-electron chi connectivity index (χ2n) is 0.753. The SMILES string of the molecule is NC(C[I-]I)=II. The van der Waals surface area contributed by atoms with Crippen molar-refractivity contribution in [2.24, 2.45) is 5.73 Å². The average molecular weight is 550 g/mol. The molecule has 1 nitrogen and oxygen atoms in total. The van der Waals surface area contributed by atoms with Crippen molar-refractivity contribution in [2.45, 2.75) is 0 Å². The van der Waals surface area contributed by atoms with Crippen molar-refractivity contribution in [2.75, 3.05) is 4.43 Å². The summed E-state index contributed by atoms with van der Waals surface area (Å²) in [5, 5.41) is 0. The van der Waals surface area contributed by atoms with E-state index in [-0.39, 0.29) is 16.8 Å². The summed E-state index contributed by atoms with van der Waals surface area (Å²) in [6.45, 7) is 0. The molecule has 0 fully saturated rings. The first-order chi connectivity index (χ1) is 3.31. The van der Waals surface area contributed by atoms with Gasteiger partial charge in [-0.25, -0.2) is 0 Å². The minimum absolute atomic E-state index is 0.225. The first-order valence-electron chi connectivity index (χ1n) is 1.38. The van der Waals surface area contributed by atoms with Crippen LogP contribution in [0.3, 0.4) is 0 Å². The Morgan fingerprint density at radius 3 is 2.57 bits per heavy atom. The molecule has 0 unspecified atom stereocenters. The van der Waals surface area contributed by atoms with Gasteiger partial charge in [0, 0.05) is 0 Å². The first kappa shape index (κ1) is 9.75. The van der Waals surface area contributed by atoms with Crippen molar-refractivity contribution in [3.05, 3.63) is 0 Å². The Kier molecular flexibility index (Phi) is 9.56. The van der Waals surface area contributed by atoms with Crippen LogP contribution in [0.4, 0.5) is 0 Å². The summed E-state index contributed by atoms with van der Waals surface area (Å²) in [5.74, 6) is 0. The van der Waals surface area contributed by atoms with Crippen molar-refractivity contribution >= 4 is 57.6 Å². The van der Waals surface area contributed by atoms with E-state index >= 15 is 0 Å². The zero-order valence-corrected chi connectivity index (χ0v) is 11.9. The molecule has 0 aliphatic heterocycles. The molecule has 0 atom stereocenters. The quantitative estimate of drug-likeness (QED) is 0.341. The van der Waals surface area contributed by atoms with Gasteiger partial charge in [-0.3, -0.25) is 0 Å². The fourth-order valence-corrected chi connectivity index (χ4v) is 12.8. The summed E-state index contributed by atoms with van der Waals surface area (Å²) < 4.78 is 2.50. The molecule has 0 aliphatic carbocycles. The Balaban J connectivity index is 3.17. The van der Waals surface area contributed by atoms with Crippen molar-refractivity contribution in [3.8, 4) is 0 Å². The van der Waals surface area contributed by atoms with E-state index in [0.29, 0.717) is 17.2 Å². The second kappa shape index (κ2) is 6.86. The van der Waals surface area contributed by atoms with Gasteiger partial charge >= 0.3 is 85.0 Å². The standard InChI is InChI=1S/C2H4I4N/c3-5-1-2(7)6-4/h1,7H2/q-1. The molecule has 7 heavy (non-hydrogen) atoms. The number of nitrogens with two attached hydrogens (primary N) is 1. The number of hydrogen-bond acceptors (Lipinski definition) is 1. The number of hydrogen-bond donors (Lipinski definition) is 1. The fourth-order valence-electron chi connectivity index (χ4n) is 0.0673. The minimum atomic E-state index is 0.225. The van der Waals surface area contributed by atoms with Gasteiger partial charge in [0.2, 0.25) is 0 Å². The van der Waals surface area contributed by atoms with Gasteiger partial charge < -0.3 is 0 Å². The van der Waals surface area contributed by atoms with Crippen LogP contribution in [-0.4, -0.2) is 8.06 Å². The maximum absolute atomic E-state index is 5.56. The molecule has 2 N–H and O–H groups in total. The molecule has 0 aliphatic rings. The summed E-state index contributed by atoms with van der Waals surface area (Å²) >= 11 is 5.47. The molecule has 5 heteroatoms. The molecule has 0 aromatic carbocycles. The van der Waals surface area contributed by atoms with Gasteiger partial charge in [-0.1, -0.05) is 0 Å². The summed E-state index contributed by atoms with van der Waals surface area (Å²) in [7, 11) is 0. The van der Waals surface area contributed by atoms with Crippen LogP contribution in [0, 0.1) is 0 Å². The van der Waals surface area contributed by atoms with Gasteiger partial charge in [0.25, 0.3) is 0 Å². The van der Waals surface area contributed by atoms with Crippen molar-refractivity contribution in [1.82, 2.24) is 0 Å². The van der Waals surface area contributed by atoms with Gasteiger partial charge in [0.05, 0.1) is 0 Å². The Bertz CT molecular complexity index is 70.1. The molecule has 0 amide bonds. The third kappa shape index (κ3) is 6.64. The van der Waals surface area contributed by atoms with Gasteiger partial charge in [0.15, 0.2) is 0 Å². The fraction of sp³-hybridized carbons (Fsp3) is 0.500. The molecule has 0 saturated heterocycles. The maximum atomic E-state index is 5.56. The third-order valence-corrected chi connectivity index (χ3v) is 9.19. The molecule has 0 aromatic heterocycles. The van der Waals surface area contributed by atoms with Gasteiger partial charge in [0.1, 0.15) is 0 Å². The first-order valence-corrected chi connectivity index (χ1v) is 16.6. The monoisotopic (exact) mass is 550 g/mol. The Labute approximate surface area is 82.9 Å². The van der Waals surface area contributed by atoms with Crippen LogP contribution in [0.5, 0.6) is 0 Å². The van der Waals surface area contributed by atoms with Gasteiger partial charge in [-0.15, -0.1) is 0 Å². The van der Waals surface area contributed by atoms with Crippen LogP contribution >= 0.6 is 54.0 Å². The topological polar surface area (TPSA) is 26.0 Å². The van der Waals surface area contributed by atoms with Crippen molar-refractivity contribution in [1.29, 1.82) is 0 Å². The van der Waals surface area contributed by atoms with E-state index in [4.69, 9.17) is 5.73 Å². The van der Waals surface area contributed by atoms with E-state index in [0.717, 1.165) is 0 Å². The van der Waals surface area contributed by atoms with Gasteiger partial charge in [-0.05, 0) is 0 Å². The average Bonchev–Trinajstić information content (AvgIpc) is 1.68. The van der Waals surface area contributed by atoms with Crippen LogP contribution in [0.25, 0.3) is 0 Å². The molecule has 0 heterocycles. The zero-order chi connectivity index (χ0) is 5.70. The predicted molar refractivity (Wildman–Crippen MR) is 56.1 cm³/mol. The van der Waals surface area contributed by atoms with Crippen LogP contribution in [0.2, 0.25) is 0 Å². The van der Waals surface area contributed by atoms with Crippen LogP contribution in [0.1, 0.15) is 0 Å². The molecule has 0 saturated carbocycles. The summed E-state index contributed by atoms with van der Waals surface area (Å²) in [6, 6.07) is 0. The summed E-state index contributed by atoms with van der Waals surface area (Å²) in [6.07, 6.45) is 0. The molecule has 0 spiro atoms. The molecule has 46 valence electrons. The molecule has 0 rings (SSSR count). The summed E-state index contributed by atoms with van der Waals surface area (Å²) in [5.41, 5.74) is 5.56. The molecule has 0 radical (unpaired) electrons. The van der Waals surface area contributed by atoms with Crippen LogP contribution in [0.15, 0.2) is 0 Å². The molecular formula is C2H4I4N-. The zero-order valence-electron chi connectivity index (χ0n) is 3.30. The van der Waals surface area contributed by atoms with E-state index in [9.17, 15) is 0 Å². The van der Waals surface area contributed by atoms with E-state index in [1.807, 2.05) is 0 Å². The van der Waals surface area contributed by atoms with Crippen molar-refractivity contribution in [3.63, 3.8) is 0 Å². The normalized spacial score (nSPS) is 13.9. The van der Waals surface area contributed by atoms with E-state index < -0.39 is 0 Å². The Morgan fingerprint density at radius 2 is 2.43 bits per heavy atom. The van der Waals surface area contributed by atoms with E-state index in [2.05, 4.69) is 37.2 Å². The number of halogens is 4. The van der Waals surface area contributed by atoms with Crippen molar-refractivity contribution < 1.29 is 17.2 Å². The molecule has 0 aromatic rings. The predicted octanol–water partition coefficient (Wildman–Crippen LogP) is -1.17. The van der Waals surface area contributed by atoms with Crippen LogP contribution in [-0.2, 0) is 0 Å². The molecular weight excluding hydrogens is 546 g/mol. The second-order valence-corrected chi connectivity index (χ2v) is 10.5. The van der Waals surface area contributed by atoms with E-state index in [1.165, 1.54) is 8.06 Å². The third-order valence-electron chi connectivity index (χ3n) is 0.270. The van der Waals surface area contributed by atoms with Gasteiger partial charge in [-0.2, -0.15) is 0 Å². The Hall–Kier alpha value is 2.75. The molecule has 0 bridgehead atoms. The van der Waals surface area contributed by atoms with E-state index in [1.54, 1.807) is 0 Å². The number of alkyl halides is 1.